The van der Waals surface area contributed by atoms with Crippen LogP contribution in [0.4, 0.5) is 24.5 Å². The summed E-state index contributed by atoms with van der Waals surface area (Å²) in [5.41, 5.74) is 2.04. The molecule has 1 aromatic heterocycles. The molecule has 0 saturated heterocycles. The fourth-order valence-electron chi connectivity index (χ4n) is 3.61. The van der Waals surface area contributed by atoms with Crippen molar-refractivity contribution in [3.8, 4) is 5.69 Å². The van der Waals surface area contributed by atoms with E-state index in [1.807, 2.05) is 31.2 Å². The molecule has 6 nitrogen and oxygen atoms in total. The highest BCUT2D eigenvalue weighted by Gasteiger charge is 2.48. The lowest BCUT2D eigenvalue weighted by Crippen LogP contribution is -2.50. The van der Waals surface area contributed by atoms with Gasteiger partial charge in [-0.3, -0.25) is 19.1 Å². The van der Waals surface area contributed by atoms with Gasteiger partial charge in [0.25, 0.3) is 0 Å². The summed E-state index contributed by atoms with van der Waals surface area (Å²) in [6, 6.07) is 11.3. The number of hydrogen-bond acceptors (Lipinski definition) is 4. The lowest BCUT2D eigenvalue weighted by atomic mass is 10.1. The van der Waals surface area contributed by atoms with E-state index in [9.17, 15) is 22.8 Å². The molecule has 2 amide bonds. The summed E-state index contributed by atoms with van der Waals surface area (Å²) in [6.45, 7) is 1.93. The fourth-order valence-corrected chi connectivity index (χ4v) is 4.43. The summed E-state index contributed by atoms with van der Waals surface area (Å²) >= 11 is 1.04. The number of nitrogens with one attached hydrogen (secondary N) is 1. The number of alkyl halides is 3. The van der Waals surface area contributed by atoms with Gasteiger partial charge in [-0.05, 0) is 30.7 Å². The molecule has 1 atom stereocenters. The molecule has 2 aromatic carbocycles. The second-order valence-electron chi connectivity index (χ2n) is 7.25. The maximum atomic E-state index is 13.8. The SMILES string of the molecule is Cc1ccccc1-n1ccnc1SCC(=O)N1c2ccccc2NC(=O)CC1C(F)(F)F. The average molecular weight is 460 g/mol. The van der Waals surface area contributed by atoms with Crippen molar-refractivity contribution >= 4 is 35.0 Å². The van der Waals surface area contributed by atoms with Gasteiger partial charge in [0.2, 0.25) is 11.8 Å². The second kappa shape index (κ2) is 8.70. The van der Waals surface area contributed by atoms with Crippen LogP contribution in [-0.4, -0.2) is 39.3 Å². The number of nitrogens with zero attached hydrogens (tertiary/aromatic N) is 3. The van der Waals surface area contributed by atoms with E-state index in [4.69, 9.17) is 0 Å². The van der Waals surface area contributed by atoms with Gasteiger partial charge in [0, 0.05) is 12.4 Å². The van der Waals surface area contributed by atoms with Crippen molar-refractivity contribution in [2.24, 2.45) is 0 Å². The first-order valence-electron chi connectivity index (χ1n) is 9.75. The zero-order chi connectivity index (χ0) is 22.9. The van der Waals surface area contributed by atoms with Gasteiger partial charge in [0.1, 0.15) is 6.04 Å². The van der Waals surface area contributed by atoms with Crippen molar-refractivity contribution in [1.29, 1.82) is 0 Å². The van der Waals surface area contributed by atoms with Gasteiger partial charge < -0.3 is 5.32 Å². The smallest absolute Gasteiger partial charge is 0.324 e. The Bertz CT molecular complexity index is 1160. The van der Waals surface area contributed by atoms with Gasteiger partial charge in [-0.15, -0.1) is 0 Å². The Kier molecular flexibility index (Phi) is 5.96. The maximum absolute atomic E-state index is 13.8. The van der Waals surface area contributed by atoms with Crippen molar-refractivity contribution in [2.45, 2.75) is 30.7 Å². The van der Waals surface area contributed by atoms with Crippen LogP contribution in [0.2, 0.25) is 0 Å². The van der Waals surface area contributed by atoms with Crippen LogP contribution in [0.1, 0.15) is 12.0 Å². The molecule has 0 saturated carbocycles. The van der Waals surface area contributed by atoms with Crippen LogP contribution in [0.15, 0.2) is 66.1 Å². The van der Waals surface area contributed by atoms with E-state index < -0.39 is 30.5 Å². The number of aromatic nitrogens is 2. The number of rotatable bonds is 4. The van der Waals surface area contributed by atoms with Crippen LogP contribution in [0, 0.1) is 6.92 Å². The van der Waals surface area contributed by atoms with Gasteiger partial charge in [0.15, 0.2) is 5.16 Å². The molecule has 0 bridgehead atoms. The summed E-state index contributed by atoms with van der Waals surface area (Å²) in [4.78, 5) is 30.1. The van der Waals surface area contributed by atoms with E-state index in [-0.39, 0.29) is 17.1 Å². The summed E-state index contributed by atoms with van der Waals surface area (Å²) in [7, 11) is 0. The predicted octanol–water partition coefficient (Wildman–Crippen LogP) is 4.58. The number of anilines is 2. The van der Waals surface area contributed by atoms with Gasteiger partial charge in [-0.1, -0.05) is 42.1 Å². The van der Waals surface area contributed by atoms with Crippen molar-refractivity contribution in [1.82, 2.24) is 9.55 Å². The summed E-state index contributed by atoms with van der Waals surface area (Å²) in [5.74, 6) is -1.84. The third-order valence-electron chi connectivity index (χ3n) is 5.08. The van der Waals surface area contributed by atoms with Crippen molar-refractivity contribution < 1.29 is 22.8 Å². The summed E-state index contributed by atoms with van der Waals surface area (Å²) < 4.78 is 43.3. The number of imidazole rings is 1. The minimum Gasteiger partial charge on any atom is -0.324 e. The molecule has 3 aromatic rings. The van der Waals surface area contributed by atoms with Crippen LogP contribution in [0.3, 0.4) is 0 Å². The Morgan fingerprint density at radius 3 is 2.56 bits per heavy atom. The van der Waals surface area contributed by atoms with E-state index >= 15 is 0 Å². The van der Waals surface area contributed by atoms with Crippen molar-refractivity contribution in [3.05, 3.63) is 66.5 Å². The Morgan fingerprint density at radius 2 is 1.84 bits per heavy atom. The number of carbonyl (C=O) groups excluding carboxylic acids is 2. The van der Waals surface area contributed by atoms with E-state index in [0.29, 0.717) is 10.1 Å². The van der Waals surface area contributed by atoms with Crippen LogP contribution >= 0.6 is 11.8 Å². The quantitative estimate of drug-likeness (QED) is 0.579. The number of amides is 2. The molecule has 1 unspecified atom stereocenters. The molecule has 32 heavy (non-hydrogen) atoms. The highest BCUT2D eigenvalue weighted by Crippen LogP contribution is 2.38. The number of para-hydroxylation sites is 3. The van der Waals surface area contributed by atoms with Crippen LogP contribution in [-0.2, 0) is 9.59 Å². The van der Waals surface area contributed by atoms with Crippen LogP contribution in [0.5, 0.6) is 0 Å². The molecule has 2 heterocycles. The molecule has 0 spiro atoms. The molecular weight excluding hydrogens is 441 g/mol. The molecule has 10 heteroatoms. The third kappa shape index (κ3) is 4.36. The number of thioether (sulfide) groups is 1. The standard InChI is InChI=1S/C22H19F3N4O2S/c1-14-6-2-4-8-16(14)28-11-10-26-21(28)32-13-20(31)29-17-9-5-3-7-15(17)27-19(30)12-18(29)22(23,24)25/h2-11,18H,12-13H2,1H3,(H,27,30). The topological polar surface area (TPSA) is 67.2 Å². The first-order chi connectivity index (χ1) is 15.3. The Labute approximate surface area is 186 Å². The number of aryl methyl sites for hydroxylation is 1. The van der Waals surface area contributed by atoms with Crippen molar-refractivity contribution in [2.75, 3.05) is 16.0 Å². The number of fused-ring (bicyclic) bond motifs is 1. The number of benzene rings is 2. The molecule has 1 N–H and O–H groups in total. The van der Waals surface area contributed by atoms with Crippen LogP contribution in [0.25, 0.3) is 5.69 Å². The molecule has 4 rings (SSSR count). The van der Waals surface area contributed by atoms with Crippen molar-refractivity contribution in [3.63, 3.8) is 0 Å². The third-order valence-corrected chi connectivity index (χ3v) is 6.03. The molecule has 0 aliphatic carbocycles. The predicted molar refractivity (Wildman–Crippen MR) is 116 cm³/mol. The zero-order valence-electron chi connectivity index (χ0n) is 17.0. The second-order valence-corrected chi connectivity index (χ2v) is 8.19. The van der Waals surface area contributed by atoms with Crippen LogP contribution < -0.4 is 10.2 Å². The lowest BCUT2D eigenvalue weighted by molar-refractivity contribution is -0.157. The minimum absolute atomic E-state index is 0.0218. The number of hydrogen-bond donors (Lipinski definition) is 1. The Morgan fingerprint density at radius 1 is 1.16 bits per heavy atom. The van der Waals surface area contributed by atoms with Gasteiger partial charge >= 0.3 is 6.18 Å². The molecule has 166 valence electrons. The number of halogens is 3. The first-order valence-corrected chi connectivity index (χ1v) is 10.7. The maximum Gasteiger partial charge on any atom is 0.409 e. The van der Waals surface area contributed by atoms with Gasteiger partial charge in [-0.2, -0.15) is 13.2 Å². The normalized spacial score (nSPS) is 16.3. The van der Waals surface area contributed by atoms with E-state index in [1.54, 1.807) is 23.0 Å². The highest BCUT2D eigenvalue weighted by molar-refractivity contribution is 7.99. The van der Waals surface area contributed by atoms with Gasteiger partial charge in [0.05, 0.1) is 29.2 Å². The van der Waals surface area contributed by atoms with E-state index in [2.05, 4.69) is 10.3 Å². The zero-order valence-corrected chi connectivity index (χ0v) is 17.8. The van der Waals surface area contributed by atoms with Gasteiger partial charge in [-0.25, -0.2) is 4.98 Å². The molecular formula is C22H19F3N4O2S. The fraction of sp³-hybridized carbons (Fsp3) is 0.227. The molecule has 1 aliphatic heterocycles. The average Bonchev–Trinajstić information content (AvgIpc) is 3.14. The monoisotopic (exact) mass is 460 g/mol. The number of carbonyl (C=O) groups is 2. The molecule has 0 radical (unpaired) electrons. The largest absolute Gasteiger partial charge is 0.409 e. The lowest BCUT2D eigenvalue weighted by Gasteiger charge is -2.31. The molecule has 1 aliphatic rings. The first kappa shape index (κ1) is 21.9. The molecule has 0 fully saturated rings. The Balaban J connectivity index is 1.63. The highest BCUT2D eigenvalue weighted by atomic mass is 32.2. The minimum atomic E-state index is -4.77. The van der Waals surface area contributed by atoms with E-state index in [1.165, 1.54) is 18.2 Å². The summed E-state index contributed by atoms with van der Waals surface area (Å²) in [6.07, 6.45) is -2.33. The summed E-state index contributed by atoms with van der Waals surface area (Å²) in [5, 5.41) is 2.94. The Hall–Kier alpha value is -3.27. The van der Waals surface area contributed by atoms with E-state index in [0.717, 1.165) is 23.0 Å².